The van der Waals surface area contributed by atoms with Crippen molar-refractivity contribution >= 4 is 11.9 Å². The van der Waals surface area contributed by atoms with E-state index < -0.39 is 58.6 Å². The van der Waals surface area contributed by atoms with Gasteiger partial charge in [0.2, 0.25) is 5.79 Å². The van der Waals surface area contributed by atoms with E-state index in [0.29, 0.717) is 26.1 Å². The van der Waals surface area contributed by atoms with Crippen LogP contribution in [0.25, 0.3) is 0 Å². The Balaban J connectivity index is 1.62. The number of unbranched alkanes of at least 4 members (excludes halogenated alkanes) is 1. The topological polar surface area (TPSA) is 108 Å². The van der Waals surface area contributed by atoms with Crippen molar-refractivity contribution in [1.82, 2.24) is 0 Å². The van der Waals surface area contributed by atoms with E-state index in [1.807, 2.05) is 27.7 Å². The van der Waals surface area contributed by atoms with E-state index in [2.05, 4.69) is 0 Å². The summed E-state index contributed by atoms with van der Waals surface area (Å²) in [6.07, 6.45) is 0.149. The molecule has 3 fully saturated rings. The monoisotopic (exact) mass is 530 g/mol. The highest BCUT2D eigenvalue weighted by molar-refractivity contribution is 5.95. The third-order valence-electron chi connectivity index (χ3n) is 6.05. The third-order valence-corrected chi connectivity index (χ3v) is 6.05. The van der Waals surface area contributed by atoms with Gasteiger partial charge in [-0.15, -0.1) is 0 Å². The Morgan fingerprint density at radius 3 is 1.97 bits per heavy atom. The van der Waals surface area contributed by atoms with Crippen molar-refractivity contribution in [2.75, 3.05) is 19.8 Å². The molecule has 0 bridgehead atoms. The Bertz CT molecular complexity index is 794. The lowest BCUT2D eigenvalue weighted by molar-refractivity contribution is -0.334. The van der Waals surface area contributed by atoms with Crippen LogP contribution in [0.4, 0.5) is 0 Å². The molecule has 37 heavy (non-hydrogen) atoms. The first-order chi connectivity index (χ1) is 16.8. The first-order valence-electron chi connectivity index (χ1n) is 13.2. The molecule has 1 spiro atoms. The standard InChI is InChI=1S/C27H46O10/c1-23(2,3)35-21(28)17(22(29)36-24(4,5)6)13-11-12-14-30-20-19-18(33-26(9,10)34-19)15-31-27(20)16-32-25(7,8)37-27/h17-20H,11-16H2,1-10H3/t18-,19-,20+,27+/m1/s1. The van der Waals surface area contributed by atoms with E-state index in [1.54, 1.807) is 41.5 Å². The average molecular weight is 531 g/mol. The number of carbonyl (C=O) groups is 2. The van der Waals surface area contributed by atoms with Crippen LogP contribution < -0.4 is 0 Å². The molecule has 0 aliphatic carbocycles. The lowest BCUT2D eigenvalue weighted by atomic mass is 9.97. The van der Waals surface area contributed by atoms with E-state index in [0.717, 1.165) is 0 Å². The van der Waals surface area contributed by atoms with Crippen LogP contribution in [0.5, 0.6) is 0 Å². The quantitative estimate of drug-likeness (QED) is 0.261. The zero-order chi connectivity index (χ0) is 27.9. The van der Waals surface area contributed by atoms with Crippen molar-refractivity contribution in [1.29, 1.82) is 0 Å². The molecule has 4 atom stereocenters. The molecule has 10 nitrogen and oxygen atoms in total. The Morgan fingerprint density at radius 1 is 0.865 bits per heavy atom. The number of esters is 2. The highest BCUT2D eigenvalue weighted by Gasteiger charge is 2.63. The van der Waals surface area contributed by atoms with Gasteiger partial charge < -0.3 is 37.9 Å². The van der Waals surface area contributed by atoms with Crippen LogP contribution >= 0.6 is 0 Å². The van der Waals surface area contributed by atoms with Gasteiger partial charge in [-0.1, -0.05) is 0 Å². The van der Waals surface area contributed by atoms with Gasteiger partial charge in [-0.05, 0) is 88.5 Å². The van der Waals surface area contributed by atoms with Crippen molar-refractivity contribution in [3.63, 3.8) is 0 Å². The molecule has 0 unspecified atom stereocenters. The van der Waals surface area contributed by atoms with Crippen LogP contribution in [-0.2, 0) is 47.5 Å². The summed E-state index contributed by atoms with van der Waals surface area (Å²) < 4.78 is 47.6. The summed E-state index contributed by atoms with van der Waals surface area (Å²) in [4.78, 5) is 25.6. The maximum atomic E-state index is 12.8. The van der Waals surface area contributed by atoms with E-state index in [1.165, 1.54) is 0 Å². The predicted molar refractivity (Wildman–Crippen MR) is 132 cm³/mol. The van der Waals surface area contributed by atoms with Crippen LogP contribution in [0.3, 0.4) is 0 Å². The average Bonchev–Trinajstić information content (AvgIpc) is 3.18. The van der Waals surface area contributed by atoms with Crippen molar-refractivity contribution in [2.45, 2.75) is 135 Å². The first-order valence-corrected chi connectivity index (χ1v) is 13.2. The van der Waals surface area contributed by atoms with E-state index in [4.69, 9.17) is 37.9 Å². The fourth-order valence-corrected chi connectivity index (χ4v) is 4.73. The van der Waals surface area contributed by atoms with E-state index in [9.17, 15) is 9.59 Å². The van der Waals surface area contributed by atoms with Crippen LogP contribution in [0.2, 0.25) is 0 Å². The Hall–Kier alpha value is -1.30. The molecule has 0 saturated carbocycles. The maximum absolute atomic E-state index is 12.8. The highest BCUT2D eigenvalue weighted by Crippen LogP contribution is 2.45. The summed E-state index contributed by atoms with van der Waals surface area (Å²) in [5.74, 6) is -4.87. The number of ether oxygens (including phenoxy) is 8. The summed E-state index contributed by atoms with van der Waals surface area (Å²) in [6.45, 7) is 18.8. The zero-order valence-electron chi connectivity index (χ0n) is 24.1. The van der Waals surface area contributed by atoms with Gasteiger partial charge in [0.15, 0.2) is 17.5 Å². The third kappa shape index (κ3) is 8.10. The van der Waals surface area contributed by atoms with E-state index >= 15 is 0 Å². The Kier molecular flexibility index (Phi) is 8.74. The number of carbonyl (C=O) groups excluding carboxylic acids is 2. The number of fused-ring (bicyclic) bond motifs is 1. The summed E-state index contributed by atoms with van der Waals surface area (Å²) >= 11 is 0. The van der Waals surface area contributed by atoms with E-state index in [-0.39, 0.29) is 19.1 Å². The zero-order valence-corrected chi connectivity index (χ0v) is 24.1. The second-order valence-corrected chi connectivity index (χ2v) is 13.0. The van der Waals surface area contributed by atoms with Crippen LogP contribution in [0.1, 0.15) is 88.5 Å². The predicted octanol–water partition coefficient (Wildman–Crippen LogP) is 3.87. The normalized spacial score (nSPS) is 30.9. The van der Waals surface area contributed by atoms with Crippen LogP contribution in [0.15, 0.2) is 0 Å². The van der Waals surface area contributed by atoms with Gasteiger partial charge in [0.05, 0.1) is 6.61 Å². The minimum absolute atomic E-state index is 0.205. The number of hydrogen-bond acceptors (Lipinski definition) is 10. The highest BCUT2D eigenvalue weighted by atomic mass is 16.9. The molecule has 3 heterocycles. The Labute approximate surface area is 220 Å². The molecule has 3 aliphatic rings. The SMILES string of the molecule is CC(C)(C)OC(=O)C(CCCCO[C@H]1[C@@H]2OC(C)(C)O[C@@H]2CO[C@]12COC(C)(C)O2)C(=O)OC(C)(C)C. The van der Waals surface area contributed by atoms with Crippen molar-refractivity contribution in [2.24, 2.45) is 5.92 Å². The largest absolute Gasteiger partial charge is 0.459 e. The molecule has 3 aliphatic heterocycles. The summed E-state index contributed by atoms with van der Waals surface area (Å²) in [5.41, 5.74) is -1.42. The molecule has 3 saturated heterocycles. The van der Waals surface area contributed by atoms with Crippen molar-refractivity contribution in [3.8, 4) is 0 Å². The first kappa shape index (κ1) is 30.2. The van der Waals surface area contributed by atoms with Crippen LogP contribution in [0, 0.1) is 5.92 Å². The fraction of sp³-hybridized carbons (Fsp3) is 0.926. The van der Waals surface area contributed by atoms with Gasteiger partial charge >= 0.3 is 11.9 Å². The minimum Gasteiger partial charge on any atom is -0.459 e. The molecule has 10 heteroatoms. The van der Waals surface area contributed by atoms with Gasteiger partial charge in [-0.2, -0.15) is 0 Å². The van der Waals surface area contributed by atoms with Gasteiger partial charge in [0.1, 0.15) is 36.1 Å². The molecule has 0 N–H and O–H groups in total. The van der Waals surface area contributed by atoms with Crippen molar-refractivity contribution < 1.29 is 47.5 Å². The lowest BCUT2D eigenvalue weighted by Gasteiger charge is -2.43. The van der Waals surface area contributed by atoms with Gasteiger partial charge in [0, 0.05) is 6.61 Å². The molecular weight excluding hydrogens is 484 g/mol. The molecule has 0 amide bonds. The second kappa shape index (κ2) is 10.7. The smallest absolute Gasteiger partial charge is 0.320 e. The molecule has 0 radical (unpaired) electrons. The summed E-state index contributed by atoms with van der Waals surface area (Å²) in [7, 11) is 0. The summed E-state index contributed by atoms with van der Waals surface area (Å²) in [5, 5.41) is 0. The number of hydrogen-bond donors (Lipinski definition) is 0. The maximum Gasteiger partial charge on any atom is 0.320 e. The van der Waals surface area contributed by atoms with Crippen molar-refractivity contribution in [3.05, 3.63) is 0 Å². The van der Waals surface area contributed by atoms with Gasteiger partial charge in [-0.25, -0.2) is 0 Å². The molecule has 0 aromatic rings. The van der Waals surface area contributed by atoms with Gasteiger partial charge in [-0.3, -0.25) is 9.59 Å². The van der Waals surface area contributed by atoms with Crippen LogP contribution in [-0.4, -0.2) is 78.6 Å². The minimum atomic E-state index is -1.11. The lowest BCUT2D eigenvalue weighted by Crippen LogP contribution is -2.62. The van der Waals surface area contributed by atoms with Gasteiger partial charge in [0.25, 0.3) is 0 Å². The molecule has 3 rings (SSSR count). The summed E-state index contributed by atoms with van der Waals surface area (Å²) in [6, 6.07) is 0. The fourth-order valence-electron chi connectivity index (χ4n) is 4.73. The Morgan fingerprint density at radius 2 is 1.46 bits per heavy atom. The molecule has 214 valence electrons. The second-order valence-electron chi connectivity index (χ2n) is 13.0. The number of rotatable bonds is 8. The molecule has 0 aromatic heterocycles. The molecular formula is C27H46O10. The molecule has 0 aromatic carbocycles.